The molecule has 0 aliphatic carbocycles. The first-order chi connectivity index (χ1) is 11.2. The molecule has 0 fully saturated rings. The van der Waals surface area contributed by atoms with Crippen molar-refractivity contribution in [1.82, 2.24) is 19.9 Å². The third kappa shape index (κ3) is 2.15. The lowest BCUT2D eigenvalue weighted by Gasteiger charge is -2.13. The first kappa shape index (κ1) is 13.2. The number of rotatable bonds is 2. The summed E-state index contributed by atoms with van der Waals surface area (Å²) in [5.41, 5.74) is 15.5. The predicted octanol–water partition coefficient (Wildman–Crippen LogP) is 2.53. The number of ether oxygens (including phenoxy) is 1. The Morgan fingerprint density at radius 2 is 1.04 bits per heavy atom. The van der Waals surface area contributed by atoms with Gasteiger partial charge in [-0.05, 0) is 24.3 Å². The lowest BCUT2D eigenvalue weighted by molar-refractivity contribution is 0.496. The molecular weight excluding hydrogens is 292 g/mol. The summed E-state index contributed by atoms with van der Waals surface area (Å²) in [4.78, 5) is 17.1. The summed E-state index contributed by atoms with van der Waals surface area (Å²) in [7, 11) is 0. The van der Waals surface area contributed by atoms with E-state index in [0.29, 0.717) is 44.9 Å². The fourth-order valence-corrected chi connectivity index (χ4v) is 2.37. The van der Waals surface area contributed by atoms with Gasteiger partial charge in [-0.15, -0.1) is 0 Å². The molecule has 0 bridgehead atoms. The smallest absolute Gasteiger partial charge is 0.178 e. The molecule has 4 aromatic rings. The summed E-state index contributed by atoms with van der Waals surface area (Å²) in [6, 6.07) is 7.02. The van der Waals surface area contributed by atoms with Crippen molar-refractivity contribution in [3.05, 3.63) is 49.1 Å². The average Bonchev–Trinajstić information content (AvgIpc) is 2.59. The Balaban J connectivity index is 1.95. The molecule has 4 rings (SSSR count). The lowest BCUT2D eigenvalue weighted by atomic mass is 10.2. The number of anilines is 2. The second-order valence-corrected chi connectivity index (χ2v) is 4.92. The fraction of sp³-hybridized carbons (Fsp3) is 0. The SMILES string of the molecule is Nc1ccc2nccnc2c1Oc1c(N)ccc2nccnc12. The maximum atomic E-state index is 6.06. The zero-order valence-corrected chi connectivity index (χ0v) is 12.0. The van der Waals surface area contributed by atoms with Crippen molar-refractivity contribution in [2.75, 3.05) is 11.5 Å². The van der Waals surface area contributed by atoms with Crippen molar-refractivity contribution in [1.29, 1.82) is 0 Å². The van der Waals surface area contributed by atoms with E-state index in [0.717, 1.165) is 0 Å². The van der Waals surface area contributed by atoms with Crippen LogP contribution in [-0.4, -0.2) is 19.9 Å². The van der Waals surface area contributed by atoms with Crippen LogP contribution in [0.3, 0.4) is 0 Å². The van der Waals surface area contributed by atoms with Gasteiger partial charge in [0, 0.05) is 24.8 Å². The summed E-state index contributed by atoms with van der Waals surface area (Å²) in [6.07, 6.45) is 6.39. The van der Waals surface area contributed by atoms with E-state index >= 15 is 0 Å². The van der Waals surface area contributed by atoms with E-state index in [4.69, 9.17) is 16.2 Å². The largest absolute Gasteiger partial charge is 0.448 e. The Labute approximate surface area is 131 Å². The molecule has 0 amide bonds. The molecule has 0 saturated heterocycles. The predicted molar refractivity (Wildman–Crippen MR) is 88.0 cm³/mol. The molecule has 112 valence electrons. The van der Waals surface area contributed by atoms with E-state index in [1.807, 2.05) is 0 Å². The zero-order chi connectivity index (χ0) is 15.8. The van der Waals surface area contributed by atoms with Gasteiger partial charge in [-0.25, -0.2) is 9.97 Å². The number of nitrogens with zero attached hydrogens (tertiary/aromatic N) is 4. The van der Waals surface area contributed by atoms with Crippen LogP contribution in [-0.2, 0) is 0 Å². The quantitative estimate of drug-likeness (QED) is 0.547. The Bertz CT molecular complexity index is 950. The number of hydrogen-bond acceptors (Lipinski definition) is 7. The lowest BCUT2D eigenvalue weighted by Crippen LogP contribution is -1.99. The number of fused-ring (bicyclic) bond motifs is 2. The monoisotopic (exact) mass is 304 g/mol. The van der Waals surface area contributed by atoms with Crippen LogP contribution in [0, 0.1) is 0 Å². The normalized spacial score (nSPS) is 11.0. The van der Waals surface area contributed by atoms with Crippen molar-refractivity contribution in [3.8, 4) is 11.5 Å². The van der Waals surface area contributed by atoms with Gasteiger partial charge in [0.25, 0.3) is 0 Å². The Morgan fingerprint density at radius 1 is 0.609 bits per heavy atom. The highest BCUT2D eigenvalue weighted by molar-refractivity contribution is 5.91. The highest BCUT2D eigenvalue weighted by Crippen LogP contribution is 2.38. The van der Waals surface area contributed by atoms with Crippen molar-refractivity contribution < 1.29 is 4.74 Å². The van der Waals surface area contributed by atoms with Crippen LogP contribution in [0.1, 0.15) is 0 Å². The van der Waals surface area contributed by atoms with Crippen LogP contribution in [0.4, 0.5) is 11.4 Å². The van der Waals surface area contributed by atoms with Crippen LogP contribution in [0.25, 0.3) is 22.1 Å². The van der Waals surface area contributed by atoms with E-state index in [9.17, 15) is 0 Å². The molecule has 23 heavy (non-hydrogen) atoms. The molecule has 2 aromatic heterocycles. The van der Waals surface area contributed by atoms with E-state index in [-0.39, 0.29) is 0 Å². The van der Waals surface area contributed by atoms with Gasteiger partial charge in [-0.3, -0.25) is 9.97 Å². The van der Waals surface area contributed by atoms with Crippen molar-refractivity contribution in [2.24, 2.45) is 0 Å². The van der Waals surface area contributed by atoms with Crippen molar-refractivity contribution in [2.45, 2.75) is 0 Å². The summed E-state index contributed by atoms with van der Waals surface area (Å²) < 4.78 is 6.01. The van der Waals surface area contributed by atoms with Gasteiger partial charge in [0.1, 0.15) is 11.0 Å². The molecular formula is C16H12N6O. The highest BCUT2D eigenvalue weighted by atomic mass is 16.5. The Hall–Kier alpha value is -3.48. The second kappa shape index (κ2) is 5.06. The van der Waals surface area contributed by atoms with Gasteiger partial charge in [-0.2, -0.15) is 0 Å². The summed E-state index contributed by atoms with van der Waals surface area (Å²) in [6.45, 7) is 0. The highest BCUT2D eigenvalue weighted by Gasteiger charge is 2.15. The standard InChI is InChI=1S/C16H12N6O/c17-9-1-3-11-13(21-7-5-19-11)15(9)23-16-10(18)2-4-12-14(16)22-8-6-20-12/h1-8H,17-18H2. The third-order valence-corrected chi connectivity index (χ3v) is 3.45. The van der Waals surface area contributed by atoms with Crippen LogP contribution in [0.2, 0.25) is 0 Å². The molecule has 0 unspecified atom stereocenters. The average molecular weight is 304 g/mol. The van der Waals surface area contributed by atoms with Gasteiger partial charge in [0.05, 0.1) is 22.4 Å². The summed E-state index contributed by atoms with van der Waals surface area (Å²) >= 11 is 0. The number of nitrogens with two attached hydrogens (primary N) is 2. The van der Waals surface area contributed by atoms with Gasteiger partial charge >= 0.3 is 0 Å². The molecule has 2 aromatic carbocycles. The minimum Gasteiger partial charge on any atom is -0.448 e. The van der Waals surface area contributed by atoms with E-state index < -0.39 is 0 Å². The Morgan fingerprint density at radius 3 is 1.52 bits per heavy atom. The minimum absolute atomic E-state index is 0.403. The molecule has 0 saturated carbocycles. The minimum atomic E-state index is 0.403. The van der Waals surface area contributed by atoms with Gasteiger partial charge < -0.3 is 16.2 Å². The summed E-state index contributed by atoms with van der Waals surface area (Å²) in [5.74, 6) is 0.806. The molecule has 7 nitrogen and oxygen atoms in total. The molecule has 7 heteroatoms. The van der Waals surface area contributed by atoms with E-state index in [1.54, 1.807) is 49.1 Å². The van der Waals surface area contributed by atoms with Crippen LogP contribution in [0.15, 0.2) is 49.1 Å². The second-order valence-electron chi connectivity index (χ2n) is 4.92. The maximum absolute atomic E-state index is 6.06. The molecule has 2 heterocycles. The molecule has 0 spiro atoms. The number of nitrogen functional groups attached to an aromatic ring is 2. The molecule has 0 atom stereocenters. The molecule has 0 aliphatic heterocycles. The van der Waals surface area contributed by atoms with E-state index in [1.165, 1.54) is 0 Å². The van der Waals surface area contributed by atoms with Gasteiger partial charge in [0.15, 0.2) is 11.5 Å². The number of benzene rings is 2. The fourth-order valence-electron chi connectivity index (χ4n) is 2.37. The third-order valence-electron chi connectivity index (χ3n) is 3.45. The molecule has 4 N–H and O–H groups in total. The summed E-state index contributed by atoms with van der Waals surface area (Å²) in [5, 5.41) is 0. The number of aromatic nitrogens is 4. The zero-order valence-electron chi connectivity index (χ0n) is 12.0. The first-order valence-corrected chi connectivity index (χ1v) is 6.90. The topological polar surface area (TPSA) is 113 Å². The van der Waals surface area contributed by atoms with E-state index in [2.05, 4.69) is 19.9 Å². The Kier molecular flexibility index (Phi) is 2.90. The maximum Gasteiger partial charge on any atom is 0.178 e. The molecule has 0 radical (unpaired) electrons. The van der Waals surface area contributed by atoms with Crippen LogP contribution in [0.5, 0.6) is 11.5 Å². The van der Waals surface area contributed by atoms with Gasteiger partial charge in [0.2, 0.25) is 0 Å². The van der Waals surface area contributed by atoms with Crippen molar-refractivity contribution in [3.63, 3.8) is 0 Å². The van der Waals surface area contributed by atoms with Crippen LogP contribution < -0.4 is 16.2 Å². The van der Waals surface area contributed by atoms with Crippen LogP contribution >= 0.6 is 0 Å². The van der Waals surface area contributed by atoms with Gasteiger partial charge in [-0.1, -0.05) is 0 Å². The number of hydrogen-bond donors (Lipinski definition) is 2. The molecule has 0 aliphatic rings. The first-order valence-electron chi connectivity index (χ1n) is 6.90. The van der Waals surface area contributed by atoms with Crippen molar-refractivity contribution >= 4 is 33.4 Å².